The minimum Gasteiger partial charge on any atom is -0.427 e. The van der Waals surface area contributed by atoms with Gasteiger partial charge in [0.1, 0.15) is 5.75 Å². The minimum atomic E-state index is -0.370. The average Bonchev–Trinajstić information content (AvgIpc) is 3.28. The van der Waals surface area contributed by atoms with Gasteiger partial charge < -0.3 is 4.74 Å². The van der Waals surface area contributed by atoms with Gasteiger partial charge in [0.05, 0.1) is 9.41 Å². The van der Waals surface area contributed by atoms with E-state index in [1.165, 1.54) is 34.1 Å². The Balaban J connectivity index is 1.70. The van der Waals surface area contributed by atoms with Crippen LogP contribution in [0.1, 0.15) is 12.5 Å². The van der Waals surface area contributed by atoms with Crippen molar-refractivity contribution in [1.29, 1.82) is 0 Å². The molecule has 0 fully saturated rings. The smallest absolute Gasteiger partial charge is 0.308 e. The molecule has 4 rings (SSSR count). The normalized spacial score (nSPS) is 12.0. The number of thiazole rings is 1. The Morgan fingerprint density at radius 1 is 1.24 bits per heavy atom. The van der Waals surface area contributed by atoms with E-state index < -0.39 is 0 Å². The van der Waals surface area contributed by atoms with Crippen molar-refractivity contribution in [3.63, 3.8) is 0 Å². The lowest BCUT2D eigenvalue weighted by Gasteiger charge is -2.00. The molecule has 0 N–H and O–H groups in total. The van der Waals surface area contributed by atoms with E-state index in [4.69, 9.17) is 4.74 Å². The predicted molar refractivity (Wildman–Crippen MR) is 97.0 cm³/mol. The maximum atomic E-state index is 12.5. The zero-order valence-corrected chi connectivity index (χ0v) is 14.6. The highest BCUT2D eigenvalue weighted by Gasteiger charge is 2.12. The summed E-state index contributed by atoms with van der Waals surface area (Å²) in [6.45, 7) is 1.35. The van der Waals surface area contributed by atoms with Gasteiger partial charge in [-0.3, -0.25) is 9.59 Å². The SMILES string of the molecule is CC(=O)Oc1ccc(/C=c2/sc3nc(-c4cccs4)nn3c2=O)cc1. The number of hydrogen-bond donors (Lipinski definition) is 0. The molecule has 0 spiro atoms. The molecule has 124 valence electrons. The lowest BCUT2D eigenvalue weighted by molar-refractivity contribution is -0.131. The number of carbonyl (C=O) groups is 1. The molecule has 8 heteroatoms. The van der Waals surface area contributed by atoms with E-state index in [0.717, 1.165) is 10.4 Å². The molecule has 0 aliphatic carbocycles. The third-order valence-corrected chi connectivity index (χ3v) is 5.19. The second kappa shape index (κ2) is 6.23. The number of hydrogen-bond acceptors (Lipinski definition) is 7. The van der Waals surface area contributed by atoms with Gasteiger partial charge in [-0.2, -0.15) is 9.50 Å². The Morgan fingerprint density at radius 3 is 2.68 bits per heavy atom. The Labute approximate surface area is 149 Å². The molecule has 6 nitrogen and oxygen atoms in total. The van der Waals surface area contributed by atoms with E-state index in [1.54, 1.807) is 30.3 Å². The molecule has 0 saturated carbocycles. The standard InChI is InChI=1S/C17H11N3O3S2/c1-10(21)23-12-6-4-11(5-7-12)9-14-16(22)20-17(25-14)18-15(19-20)13-3-2-8-24-13/h2-9H,1H3/b14-9+. The first-order valence-corrected chi connectivity index (χ1v) is 9.03. The molecule has 0 amide bonds. The van der Waals surface area contributed by atoms with Crippen LogP contribution in [0.4, 0.5) is 0 Å². The van der Waals surface area contributed by atoms with Gasteiger partial charge in [0, 0.05) is 6.92 Å². The maximum absolute atomic E-state index is 12.5. The number of aromatic nitrogens is 3. The van der Waals surface area contributed by atoms with Crippen molar-refractivity contribution < 1.29 is 9.53 Å². The van der Waals surface area contributed by atoms with Gasteiger partial charge in [-0.05, 0) is 35.2 Å². The van der Waals surface area contributed by atoms with Crippen LogP contribution in [0.2, 0.25) is 0 Å². The average molecular weight is 369 g/mol. The first-order chi connectivity index (χ1) is 12.1. The molecule has 0 unspecified atom stereocenters. The molecule has 25 heavy (non-hydrogen) atoms. The molecule has 3 heterocycles. The molecule has 4 aromatic rings. The van der Waals surface area contributed by atoms with Crippen LogP contribution in [0.5, 0.6) is 5.75 Å². The lowest BCUT2D eigenvalue weighted by atomic mass is 10.2. The fraction of sp³-hybridized carbons (Fsp3) is 0.0588. The predicted octanol–water partition coefficient (Wildman–Crippen LogP) is 2.35. The molecule has 3 aromatic heterocycles. The van der Waals surface area contributed by atoms with E-state index >= 15 is 0 Å². The Morgan fingerprint density at radius 2 is 2.04 bits per heavy atom. The second-order valence-corrected chi connectivity index (χ2v) is 7.14. The zero-order valence-electron chi connectivity index (χ0n) is 13.0. The van der Waals surface area contributed by atoms with Crippen LogP contribution in [0.15, 0.2) is 46.6 Å². The van der Waals surface area contributed by atoms with Crippen LogP contribution in [0.25, 0.3) is 21.7 Å². The second-order valence-electron chi connectivity index (χ2n) is 5.19. The molecule has 0 aliphatic heterocycles. The highest BCUT2D eigenvalue weighted by Crippen LogP contribution is 2.21. The number of esters is 1. The third-order valence-electron chi connectivity index (χ3n) is 3.36. The molecule has 0 saturated heterocycles. The van der Waals surface area contributed by atoms with E-state index in [9.17, 15) is 9.59 Å². The Bertz CT molecular complexity index is 1160. The van der Waals surface area contributed by atoms with E-state index in [1.807, 2.05) is 17.5 Å². The number of fused-ring (bicyclic) bond motifs is 1. The van der Waals surface area contributed by atoms with Gasteiger partial charge >= 0.3 is 5.97 Å². The molecule has 0 radical (unpaired) electrons. The van der Waals surface area contributed by atoms with Gasteiger partial charge in [-0.1, -0.05) is 29.5 Å². The van der Waals surface area contributed by atoms with Crippen molar-refractivity contribution in [2.75, 3.05) is 0 Å². The van der Waals surface area contributed by atoms with Crippen LogP contribution in [-0.2, 0) is 4.79 Å². The minimum absolute atomic E-state index is 0.195. The topological polar surface area (TPSA) is 73.6 Å². The number of carbonyl (C=O) groups excluding carboxylic acids is 1. The quantitative estimate of drug-likeness (QED) is 0.409. The molecule has 1 aromatic carbocycles. The van der Waals surface area contributed by atoms with Gasteiger partial charge in [0.25, 0.3) is 5.56 Å². The summed E-state index contributed by atoms with van der Waals surface area (Å²) >= 11 is 2.83. The van der Waals surface area contributed by atoms with Crippen molar-refractivity contribution >= 4 is 39.7 Å². The lowest BCUT2D eigenvalue weighted by Crippen LogP contribution is -2.23. The summed E-state index contributed by atoms with van der Waals surface area (Å²) in [7, 11) is 0. The van der Waals surface area contributed by atoms with Crippen molar-refractivity contribution in [3.8, 4) is 16.5 Å². The molecular formula is C17H11N3O3S2. The monoisotopic (exact) mass is 369 g/mol. The largest absolute Gasteiger partial charge is 0.427 e. The molecule has 0 atom stereocenters. The highest BCUT2D eigenvalue weighted by atomic mass is 32.1. The van der Waals surface area contributed by atoms with Gasteiger partial charge in [-0.15, -0.1) is 16.4 Å². The highest BCUT2D eigenvalue weighted by molar-refractivity contribution is 7.15. The number of thiophene rings is 1. The zero-order chi connectivity index (χ0) is 17.4. The molecule has 0 aliphatic rings. The fourth-order valence-electron chi connectivity index (χ4n) is 2.29. The van der Waals surface area contributed by atoms with Crippen LogP contribution in [-0.4, -0.2) is 20.6 Å². The number of rotatable bonds is 3. The van der Waals surface area contributed by atoms with Crippen LogP contribution in [0.3, 0.4) is 0 Å². The van der Waals surface area contributed by atoms with E-state index in [0.29, 0.717) is 21.1 Å². The molecular weight excluding hydrogens is 358 g/mol. The Hall–Kier alpha value is -2.84. The van der Waals surface area contributed by atoms with Crippen molar-refractivity contribution in [2.45, 2.75) is 6.92 Å². The summed E-state index contributed by atoms with van der Waals surface area (Å²) in [5.74, 6) is 0.663. The summed E-state index contributed by atoms with van der Waals surface area (Å²) in [6, 6.07) is 10.8. The number of ether oxygens (including phenoxy) is 1. The van der Waals surface area contributed by atoms with Gasteiger partial charge in [-0.25, -0.2) is 0 Å². The number of nitrogens with zero attached hydrogens (tertiary/aromatic N) is 3. The van der Waals surface area contributed by atoms with Crippen LogP contribution < -0.4 is 14.8 Å². The first-order valence-electron chi connectivity index (χ1n) is 7.34. The van der Waals surface area contributed by atoms with Gasteiger partial charge in [0.15, 0.2) is 5.82 Å². The fourth-order valence-corrected chi connectivity index (χ4v) is 3.85. The van der Waals surface area contributed by atoms with Crippen molar-refractivity contribution in [1.82, 2.24) is 14.6 Å². The van der Waals surface area contributed by atoms with E-state index in [2.05, 4.69) is 10.1 Å². The summed E-state index contributed by atoms with van der Waals surface area (Å²) in [5.41, 5.74) is 0.635. The summed E-state index contributed by atoms with van der Waals surface area (Å²) < 4.78 is 6.87. The van der Waals surface area contributed by atoms with Crippen molar-refractivity contribution in [3.05, 3.63) is 62.2 Å². The van der Waals surface area contributed by atoms with Crippen LogP contribution in [0, 0.1) is 0 Å². The maximum Gasteiger partial charge on any atom is 0.308 e. The third kappa shape index (κ3) is 3.09. The summed E-state index contributed by atoms with van der Waals surface area (Å²) in [6.07, 6.45) is 1.77. The Kier molecular flexibility index (Phi) is 3.90. The first kappa shape index (κ1) is 15.7. The van der Waals surface area contributed by atoms with Crippen molar-refractivity contribution in [2.24, 2.45) is 0 Å². The van der Waals surface area contributed by atoms with Gasteiger partial charge in [0.2, 0.25) is 4.96 Å². The molecule has 0 bridgehead atoms. The van der Waals surface area contributed by atoms with E-state index in [-0.39, 0.29) is 11.5 Å². The summed E-state index contributed by atoms with van der Waals surface area (Å²) in [5, 5.41) is 6.25. The van der Waals surface area contributed by atoms with Crippen LogP contribution >= 0.6 is 22.7 Å². The number of benzene rings is 1. The summed E-state index contributed by atoms with van der Waals surface area (Å²) in [4.78, 5) is 29.4.